The number of rotatable bonds is 6. The lowest BCUT2D eigenvalue weighted by molar-refractivity contribution is 0.0905. The molecule has 6 nitrogen and oxygen atoms in total. The van der Waals surface area contributed by atoms with Crippen molar-refractivity contribution in [3.63, 3.8) is 0 Å². The average molecular weight is 350 g/mol. The maximum Gasteiger partial charge on any atom is 0.253 e. The standard InChI is InChI=1S/C20H22N4O2/c1-14-7-9-16(10-8-14)17-5-4-6-18(19(17)24-13-21-12-22-24)20(25)23-15(2)11-26-3/h4-10,12-13,15H,11H2,1-3H3,(H,23,25)/t15-/m1/s1. The van der Waals surface area contributed by atoms with Crippen molar-refractivity contribution < 1.29 is 9.53 Å². The van der Waals surface area contributed by atoms with Crippen LogP contribution in [0.2, 0.25) is 0 Å². The monoisotopic (exact) mass is 350 g/mol. The Kier molecular flexibility index (Phi) is 5.43. The van der Waals surface area contributed by atoms with Crippen LogP contribution in [0.5, 0.6) is 0 Å². The summed E-state index contributed by atoms with van der Waals surface area (Å²) in [4.78, 5) is 16.9. The number of benzene rings is 2. The molecule has 0 saturated heterocycles. The fraction of sp³-hybridized carbons (Fsp3) is 0.250. The summed E-state index contributed by atoms with van der Waals surface area (Å²) >= 11 is 0. The van der Waals surface area contributed by atoms with Crippen LogP contribution in [0.3, 0.4) is 0 Å². The van der Waals surface area contributed by atoms with E-state index >= 15 is 0 Å². The minimum Gasteiger partial charge on any atom is -0.383 e. The van der Waals surface area contributed by atoms with E-state index in [1.54, 1.807) is 24.2 Å². The van der Waals surface area contributed by atoms with Gasteiger partial charge in [-0.1, -0.05) is 42.0 Å². The molecule has 0 aliphatic rings. The van der Waals surface area contributed by atoms with E-state index < -0.39 is 0 Å². The Labute approximate surface area is 152 Å². The Morgan fingerprint density at radius 2 is 2.00 bits per heavy atom. The summed E-state index contributed by atoms with van der Waals surface area (Å²) in [6.45, 7) is 4.39. The van der Waals surface area contributed by atoms with Crippen molar-refractivity contribution in [1.29, 1.82) is 0 Å². The zero-order valence-electron chi connectivity index (χ0n) is 15.1. The average Bonchev–Trinajstić information content (AvgIpc) is 3.16. The van der Waals surface area contributed by atoms with Crippen LogP contribution in [-0.4, -0.2) is 40.4 Å². The molecule has 1 N–H and O–H groups in total. The second-order valence-corrected chi connectivity index (χ2v) is 6.24. The number of nitrogens with zero attached hydrogens (tertiary/aromatic N) is 3. The third kappa shape index (κ3) is 3.81. The summed E-state index contributed by atoms with van der Waals surface area (Å²) in [6, 6.07) is 13.7. The van der Waals surface area contributed by atoms with E-state index in [2.05, 4.69) is 15.4 Å². The van der Waals surface area contributed by atoms with Gasteiger partial charge in [0.2, 0.25) is 0 Å². The van der Waals surface area contributed by atoms with Crippen LogP contribution < -0.4 is 5.32 Å². The largest absolute Gasteiger partial charge is 0.383 e. The van der Waals surface area contributed by atoms with Crippen molar-refractivity contribution in [2.24, 2.45) is 0 Å². The van der Waals surface area contributed by atoms with E-state index in [0.717, 1.165) is 11.1 Å². The van der Waals surface area contributed by atoms with Crippen LogP contribution in [0.4, 0.5) is 0 Å². The molecule has 0 spiro atoms. The number of carbonyl (C=O) groups excluding carboxylic acids is 1. The highest BCUT2D eigenvalue weighted by Gasteiger charge is 2.19. The molecule has 0 unspecified atom stereocenters. The van der Waals surface area contributed by atoms with Gasteiger partial charge in [0.05, 0.1) is 17.9 Å². The van der Waals surface area contributed by atoms with Crippen LogP contribution in [0.1, 0.15) is 22.8 Å². The van der Waals surface area contributed by atoms with Crippen molar-refractivity contribution in [3.8, 4) is 16.8 Å². The summed E-state index contributed by atoms with van der Waals surface area (Å²) in [5.41, 5.74) is 4.36. The zero-order valence-corrected chi connectivity index (χ0v) is 15.1. The topological polar surface area (TPSA) is 69.0 Å². The van der Waals surface area contributed by atoms with Crippen LogP contribution in [0.25, 0.3) is 16.8 Å². The molecule has 0 aliphatic heterocycles. The lowest BCUT2D eigenvalue weighted by Crippen LogP contribution is -2.36. The number of nitrogens with one attached hydrogen (secondary N) is 1. The number of amides is 1. The number of ether oxygens (including phenoxy) is 1. The molecule has 0 aliphatic carbocycles. The number of para-hydroxylation sites is 1. The third-order valence-corrected chi connectivity index (χ3v) is 4.09. The first-order valence-electron chi connectivity index (χ1n) is 8.45. The summed E-state index contributed by atoms with van der Waals surface area (Å²) in [6.07, 6.45) is 3.06. The summed E-state index contributed by atoms with van der Waals surface area (Å²) in [5, 5.41) is 7.21. The fourth-order valence-corrected chi connectivity index (χ4v) is 2.86. The molecule has 6 heteroatoms. The lowest BCUT2D eigenvalue weighted by atomic mass is 9.98. The Hall–Kier alpha value is -2.99. The SMILES string of the molecule is COC[C@@H](C)NC(=O)c1cccc(-c2ccc(C)cc2)c1-n1cncn1. The van der Waals surface area contributed by atoms with E-state index in [-0.39, 0.29) is 11.9 Å². The fourth-order valence-electron chi connectivity index (χ4n) is 2.86. The highest BCUT2D eigenvalue weighted by molar-refractivity contribution is 6.00. The van der Waals surface area contributed by atoms with Crippen molar-refractivity contribution in [2.45, 2.75) is 19.9 Å². The Morgan fingerprint density at radius 1 is 1.23 bits per heavy atom. The zero-order chi connectivity index (χ0) is 18.5. The lowest BCUT2D eigenvalue weighted by Gasteiger charge is -2.17. The van der Waals surface area contributed by atoms with Crippen LogP contribution in [-0.2, 0) is 4.74 Å². The molecule has 0 radical (unpaired) electrons. The van der Waals surface area contributed by atoms with E-state index in [4.69, 9.17) is 4.74 Å². The van der Waals surface area contributed by atoms with Crippen molar-refractivity contribution in [1.82, 2.24) is 20.1 Å². The molecule has 0 saturated carbocycles. The smallest absolute Gasteiger partial charge is 0.253 e. The van der Waals surface area contributed by atoms with Crippen LogP contribution in [0.15, 0.2) is 55.1 Å². The summed E-state index contributed by atoms with van der Waals surface area (Å²) in [5.74, 6) is -0.172. The van der Waals surface area contributed by atoms with E-state index in [0.29, 0.717) is 17.9 Å². The van der Waals surface area contributed by atoms with Gasteiger partial charge in [0.1, 0.15) is 12.7 Å². The number of aryl methyl sites for hydroxylation is 1. The highest BCUT2D eigenvalue weighted by Crippen LogP contribution is 2.29. The number of hydrogen-bond donors (Lipinski definition) is 1. The Morgan fingerprint density at radius 3 is 2.65 bits per heavy atom. The van der Waals surface area contributed by atoms with Crippen molar-refractivity contribution >= 4 is 5.91 Å². The van der Waals surface area contributed by atoms with Crippen molar-refractivity contribution in [3.05, 3.63) is 66.2 Å². The Bertz CT molecular complexity index is 873. The second-order valence-electron chi connectivity index (χ2n) is 6.24. The maximum absolute atomic E-state index is 12.9. The predicted molar refractivity (Wildman–Crippen MR) is 100 cm³/mol. The van der Waals surface area contributed by atoms with Crippen molar-refractivity contribution in [2.75, 3.05) is 13.7 Å². The molecule has 1 atom stereocenters. The molecule has 1 aromatic heterocycles. The first kappa shape index (κ1) is 17.8. The molecule has 1 heterocycles. The normalized spacial score (nSPS) is 12.0. The molecular formula is C20H22N4O2. The number of aromatic nitrogens is 3. The molecule has 2 aromatic carbocycles. The minimum absolute atomic E-state index is 0.0980. The van der Waals surface area contributed by atoms with Gasteiger partial charge in [-0.2, -0.15) is 5.10 Å². The summed E-state index contributed by atoms with van der Waals surface area (Å²) in [7, 11) is 1.61. The molecule has 3 rings (SSSR count). The second kappa shape index (κ2) is 7.93. The van der Waals surface area contributed by atoms with Gasteiger partial charge in [-0.15, -0.1) is 0 Å². The van der Waals surface area contributed by atoms with E-state index in [9.17, 15) is 4.79 Å². The van der Waals surface area contributed by atoms with E-state index in [1.807, 2.05) is 50.2 Å². The van der Waals surface area contributed by atoms with Crippen LogP contribution in [0, 0.1) is 6.92 Å². The third-order valence-electron chi connectivity index (χ3n) is 4.09. The number of carbonyl (C=O) groups is 1. The molecular weight excluding hydrogens is 328 g/mol. The van der Waals surface area contributed by atoms with Gasteiger partial charge < -0.3 is 10.1 Å². The molecule has 134 valence electrons. The first-order valence-corrected chi connectivity index (χ1v) is 8.45. The highest BCUT2D eigenvalue weighted by atomic mass is 16.5. The van der Waals surface area contributed by atoms with Gasteiger partial charge in [-0.25, -0.2) is 9.67 Å². The summed E-state index contributed by atoms with van der Waals surface area (Å²) < 4.78 is 6.73. The first-order chi connectivity index (χ1) is 12.6. The predicted octanol–water partition coefficient (Wildman–Crippen LogP) is 3.01. The molecule has 0 fully saturated rings. The number of methoxy groups -OCH3 is 1. The van der Waals surface area contributed by atoms with E-state index in [1.165, 1.54) is 11.9 Å². The molecule has 1 amide bonds. The minimum atomic E-state index is -0.172. The Balaban J connectivity index is 2.09. The van der Waals surface area contributed by atoms with Gasteiger partial charge in [-0.05, 0) is 25.5 Å². The molecule has 0 bridgehead atoms. The molecule has 26 heavy (non-hydrogen) atoms. The maximum atomic E-state index is 12.9. The van der Waals surface area contributed by atoms with Gasteiger partial charge >= 0.3 is 0 Å². The van der Waals surface area contributed by atoms with Gasteiger partial charge in [-0.3, -0.25) is 4.79 Å². The number of hydrogen-bond acceptors (Lipinski definition) is 4. The van der Waals surface area contributed by atoms with Gasteiger partial charge in [0.15, 0.2) is 0 Å². The van der Waals surface area contributed by atoms with Gasteiger partial charge in [0.25, 0.3) is 5.91 Å². The quantitative estimate of drug-likeness (QED) is 0.742. The molecule has 3 aromatic rings. The van der Waals surface area contributed by atoms with Gasteiger partial charge in [0, 0.05) is 18.7 Å². The van der Waals surface area contributed by atoms with Crippen LogP contribution >= 0.6 is 0 Å².